The van der Waals surface area contributed by atoms with E-state index in [2.05, 4.69) is 37.5 Å². The van der Waals surface area contributed by atoms with Gasteiger partial charge in [0.2, 0.25) is 0 Å². The van der Waals surface area contributed by atoms with Gasteiger partial charge in [0.15, 0.2) is 9.84 Å². The molecule has 0 bridgehead atoms. The van der Waals surface area contributed by atoms with Crippen molar-refractivity contribution in [2.24, 2.45) is 7.05 Å². The molecule has 0 saturated heterocycles. The highest BCUT2D eigenvalue weighted by Crippen LogP contribution is 2.22. The number of carbonyl (C=O) groups excluding carboxylic acids is 2. The van der Waals surface area contributed by atoms with Crippen LogP contribution in [0.3, 0.4) is 0 Å². The van der Waals surface area contributed by atoms with Crippen molar-refractivity contribution in [3.05, 3.63) is 143 Å². The standard InChI is InChI=1S/C34H27N7O4S/c1-40-17-14-29(39-40)23-46(44,45)30-12-11-28(33(42)37-22-25-13-18-41-19-16-36-32(41)20-25)21-27(30)10-7-24-5-8-26(9-6-24)34(43)38-31-4-2-3-15-35-31/h2-6,8-9,11-21H,22-23H2,1H3,(H,37,42)(H,35,38,43). The topological polar surface area (TPSA) is 140 Å². The molecule has 2 aromatic carbocycles. The molecular weight excluding hydrogens is 602 g/mol. The number of hydrogen-bond donors (Lipinski definition) is 2. The Morgan fingerprint density at radius 3 is 2.41 bits per heavy atom. The van der Waals surface area contributed by atoms with E-state index in [1.165, 1.54) is 22.9 Å². The highest BCUT2D eigenvalue weighted by atomic mass is 32.2. The molecule has 12 heteroatoms. The second-order valence-electron chi connectivity index (χ2n) is 10.4. The molecular formula is C34H27N7O4S. The van der Waals surface area contributed by atoms with Gasteiger partial charge in [-0.25, -0.2) is 18.4 Å². The van der Waals surface area contributed by atoms with E-state index in [1.54, 1.807) is 74.2 Å². The minimum atomic E-state index is -3.87. The minimum Gasteiger partial charge on any atom is -0.348 e. The van der Waals surface area contributed by atoms with Gasteiger partial charge in [-0.15, -0.1) is 0 Å². The van der Waals surface area contributed by atoms with Crippen LogP contribution >= 0.6 is 0 Å². The molecule has 6 rings (SSSR count). The quantitative estimate of drug-likeness (QED) is 0.243. The van der Waals surface area contributed by atoms with Gasteiger partial charge in [-0.05, 0) is 78.4 Å². The number of amides is 2. The molecule has 4 heterocycles. The summed E-state index contributed by atoms with van der Waals surface area (Å²) in [5, 5.41) is 9.81. The number of nitrogens with zero attached hydrogens (tertiary/aromatic N) is 5. The van der Waals surface area contributed by atoms with Crippen LogP contribution in [0.5, 0.6) is 0 Å². The Morgan fingerprint density at radius 1 is 0.826 bits per heavy atom. The number of imidazole rings is 1. The SMILES string of the molecule is Cn1ccc(CS(=O)(=O)c2ccc(C(=O)NCc3ccn4ccnc4c3)cc2C#Cc2ccc(C(=O)Nc3ccccn3)cc2)n1. The zero-order valence-electron chi connectivity index (χ0n) is 24.6. The maximum absolute atomic E-state index is 13.5. The molecule has 46 heavy (non-hydrogen) atoms. The number of aryl methyl sites for hydroxylation is 1. The van der Waals surface area contributed by atoms with E-state index in [4.69, 9.17) is 0 Å². The molecule has 0 unspecified atom stereocenters. The smallest absolute Gasteiger partial charge is 0.256 e. The summed E-state index contributed by atoms with van der Waals surface area (Å²) in [4.78, 5) is 34.1. The number of sulfone groups is 1. The van der Waals surface area contributed by atoms with Crippen molar-refractivity contribution in [3.8, 4) is 11.8 Å². The first kappa shape index (κ1) is 30.0. The van der Waals surface area contributed by atoms with Crippen LogP contribution in [0.1, 0.15) is 43.1 Å². The van der Waals surface area contributed by atoms with Gasteiger partial charge in [0.05, 0.1) is 16.3 Å². The molecule has 0 aliphatic rings. The third kappa shape index (κ3) is 7.01. The number of benzene rings is 2. The van der Waals surface area contributed by atoms with Crippen LogP contribution in [0.25, 0.3) is 5.65 Å². The maximum atomic E-state index is 13.5. The van der Waals surface area contributed by atoms with Gasteiger partial charge in [0.1, 0.15) is 11.5 Å². The predicted octanol–water partition coefficient (Wildman–Crippen LogP) is 4.02. The van der Waals surface area contributed by atoms with Gasteiger partial charge in [-0.3, -0.25) is 14.3 Å². The highest BCUT2D eigenvalue weighted by molar-refractivity contribution is 7.90. The molecule has 2 amide bonds. The number of nitrogens with one attached hydrogen (secondary N) is 2. The van der Waals surface area contributed by atoms with Gasteiger partial charge in [-0.1, -0.05) is 17.9 Å². The predicted molar refractivity (Wildman–Crippen MR) is 172 cm³/mol. The van der Waals surface area contributed by atoms with Crippen LogP contribution < -0.4 is 10.6 Å². The lowest BCUT2D eigenvalue weighted by atomic mass is 10.1. The van der Waals surface area contributed by atoms with Crippen LogP contribution in [0.15, 0.2) is 115 Å². The normalized spacial score (nSPS) is 11.1. The summed E-state index contributed by atoms with van der Waals surface area (Å²) >= 11 is 0. The number of anilines is 1. The summed E-state index contributed by atoms with van der Waals surface area (Å²) in [5.74, 6) is 5.31. The second-order valence-corrected chi connectivity index (χ2v) is 12.3. The van der Waals surface area contributed by atoms with Crippen molar-refractivity contribution < 1.29 is 18.0 Å². The van der Waals surface area contributed by atoms with Crippen molar-refractivity contribution in [3.63, 3.8) is 0 Å². The zero-order valence-corrected chi connectivity index (χ0v) is 25.4. The summed E-state index contributed by atoms with van der Waals surface area (Å²) in [6, 6.07) is 21.5. The van der Waals surface area contributed by atoms with E-state index < -0.39 is 9.84 Å². The number of carbonyl (C=O) groups is 2. The molecule has 0 saturated carbocycles. The highest BCUT2D eigenvalue weighted by Gasteiger charge is 2.22. The van der Waals surface area contributed by atoms with Gasteiger partial charge in [-0.2, -0.15) is 5.10 Å². The number of pyridine rings is 2. The van der Waals surface area contributed by atoms with E-state index in [-0.39, 0.29) is 40.1 Å². The number of hydrogen-bond acceptors (Lipinski definition) is 7. The molecule has 228 valence electrons. The Hall–Kier alpha value is -6.06. The largest absolute Gasteiger partial charge is 0.348 e. The van der Waals surface area contributed by atoms with Gasteiger partial charge >= 0.3 is 0 Å². The molecule has 2 N–H and O–H groups in total. The molecule has 0 spiro atoms. The number of aromatic nitrogens is 5. The molecule has 4 aromatic heterocycles. The molecule has 0 fully saturated rings. The number of rotatable bonds is 8. The first-order valence-corrected chi connectivity index (χ1v) is 15.8. The average Bonchev–Trinajstić information content (AvgIpc) is 3.70. The van der Waals surface area contributed by atoms with Crippen LogP contribution in [-0.2, 0) is 29.2 Å². The number of fused-ring (bicyclic) bond motifs is 1. The van der Waals surface area contributed by atoms with Crippen LogP contribution in [-0.4, -0.2) is 44.4 Å². The Kier molecular flexibility index (Phi) is 8.40. The lowest BCUT2D eigenvalue weighted by molar-refractivity contribution is 0.0950. The monoisotopic (exact) mass is 629 g/mol. The van der Waals surface area contributed by atoms with E-state index in [0.29, 0.717) is 22.6 Å². The summed E-state index contributed by atoms with van der Waals surface area (Å²) in [5.41, 5.74) is 3.38. The molecule has 11 nitrogen and oxygen atoms in total. The van der Waals surface area contributed by atoms with Gasteiger partial charge < -0.3 is 15.0 Å². The van der Waals surface area contributed by atoms with Gasteiger partial charge in [0.25, 0.3) is 11.8 Å². The first-order chi connectivity index (χ1) is 22.2. The van der Waals surface area contributed by atoms with Gasteiger partial charge in [0, 0.05) is 66.8 Å². The van der Waals surface area contributed by atoms with E-state index in [1.807, 2.05) is 28.9 Å². The fraction of sp³-hybridized carbons (Fsp3) is 0.0882. The molecule has 0 aliphatic heterocycles. The second kappa shape index (κ2) is 12.9. The van der Waals surface area contributed by atoms with Crippen molar-refractivity contribution >= 4 is 33.1 Å². The van der Waals surface area contributed by atoms with Crippen molar-refractivity contribution in [2.45, 2.75) is 17.2 Å². The Balaban J connectivity index is 1.25. The Bertz CT molecular complexity index is 2230. The third-order valence-electron chi connectivity index (χ3n) is 6.99. The zero-order chi connectivity index (χ0) is 32.1. The van der Waals surface area contributed by atoms with Crippen LogP contribution in [0.2, 0.25) is 0 Å². The van der Waals surface area contributed by atoms with Crippen LogP contribution in [0.4, 0.5) is 5.82 Å². The van der Waals surface area contributed by atoms with E-state index >= 15 is 0 Å². The van der Waals surface area contributed by atoms with Crippen molar-refractivity contribution in [1.82, 2.24) is 29.5 Å². The Morgan fingerprint density at radius 2 is 1.65 bits per heavy atom. The third-order valence-corrected chi connectivity index (χ3v) is 8.70. The maximum Gasteiger partial charge on any atom is 0.256 e. The van der Waals surface area contributed by atoms with Crippen LogP contribution in [0, 0.1) is 11.8 Å². The first-order valence-electron chi connectivity index (χ1n) is 14.1. The summed E-state index contributed by atoms with van der Waals surface area (Å²) in [6.07, 6.45) is 8.64. The van der Waals surface area contributed by atoms with E-state index in [9.17, 15) is 18.0 Å². The lowest BCUT2D eigenvalue weighted by Crippen LogP contribution is -2.23. The van der Waals surface area contributed by atoms with E-state index in [0.717, 1.165) is 11.2 Å². The molecule has 0 atom stereocenters. The minimum absolute atomic E-state index is 0.0154. The lowest BCUT2D eigenvalue weighted by Gasteiger charge is -2.10. The Labute approximate surface area is 264 Å². The molecule has 0 radical (unpaired) electrons. The summed E-state index contributed by atoms with van der Waals surface area (Å²) in [6.45, 7) is 0.253. The van der Waals surface area contributed by atoms with Crippen molar-refractivity contribution in [2.75, 3.05) is 5.32 Å². The molecule has 0 aliphatic carbocycles. The summed E-state index contributed by atoms with van der Waals surface area (Å²) < 4.78 is 30.4. The summed E-state index contributed by atoms with van der Waals surface area (Å²) in [7, 11) is -2.16. The fourth-order valence-electron chi connectivity index (χ4n) is 4.67. The van der Waals surface area contributed by atoms with Crippen molar-refractivity contribution in [1.29, 1.82) is 0 Å². The fourth-order valence-corrected chi connectivity index (χ4v) is 6.09. The average molecular weight is 630 g/mol. The molecule has 6 aromatic rings.